The van der Waals surface area contributed by atoms with Crippen LogP contribution < -0.4 is 5.32 Å². The summed E-state index contributed by atoms with van der Waals surface area (Å²) in [5, 5.41) is 2.93. The predicted molar refractivity (Wildman–Crippen MR) is 97.5 cm³/mol. The Morgan fingerprint density at radius 3 is 2.28 bits per heavy atom. The molecule has 1 saturated carbocycles. The van der Waals surface area contributed by atoms with E-state index in [0.717, 1.165) is 35.7 Å². The Morgan fingerprint density at radius 1 is 1.16 bits per heavy atom. The quantitative estimate of drug-likeness (QED) is 0.763. The Labute approximate surface area is 156 Å². The van der Waals surface area contributed by atoms with Crippen LogP contribution in [0.1, 0.15) is 50.6 Å². The van der Waals surface area contributed by atoms with Crippen LogP contribution in [-0.4, -0.2) is 29.2 Å². The van der Waals surface area contributed by atoms with Gasteiger partial charge in [0.1, 0.15) is 0 Å². The van der Waals surface area contributed by atoms with Crippen molar-refractivity contribution in [1.82, 2.24) is 10.2 Å². The first-order valence-electron chi connectivity index (χ1n) is 8.87. The van der Waals surface area contributed by atoms with Gasteiger partial charge >= 0.3 is 0 Å². The van der Waals surface area contributed by atoms with Crippen molar-refractivity contribution in [3.63, 3.8) is 0 Å². The van der Waals surface area contributed by atoms with Crippen molar-refractivity contribution >= 4 is 33.7 Å². The molecule has 3 rings (SSSR count). The SMILES string of the molecule is C[C@H](NC(=O)CCN1C(=O)[C@H]2CCCC[C@@H]2C1=O)c1ccc(Br)cc1. The van der Waals surface area contributed by atoms with Crippen molar-refractivity contribution < 1.29 is 14.4 Å². The van der Waals surface area contributed by atoms with Crippen LogP contribution in [0.5, 0.6) is 0 Å². The van der Waals surface area contributed by atoms with Crippen molar-refractivity contribution in [3.8, 4) is 0 Å². The molecule has 0 aromatic heterocycles. The molecular weight excluding hydrogens is 384 g/mol. The molecule has 0 spiro atoms. The number of carbonyl (C=O) groups is 3. The van der Waals surface area contributed by atoms with Crippen LogP contribution in [0.2, 0.25) is 0 Å². The van der Waals surface area contributed by atoms with E-state index < -0.39 is 0 Å². The molecule has 3 atom stereocenters. The van der Waals surface area contributed by atoms with Crippen LogP contribution in [0.25, 0.3) is 0 Å². The maximum absolute atomic E-state index is 12.4. The zero-order chi connectivity index (χ0) is 18.0. The van der Waals surface area contributed by atoms with Gasteiger partial charge in [-0.05, 0) is 37.5 Å². The summed E-state index contributed by atoms with van der Waals surface area (Å²) in [6.07, 6.45) is 3.79. The van der Waals surface area contributed by atoms with Crippen molar-refractivity contribution in [3.05, 3.63) is 34.3 Å². The lowest BCUT2D eigenvalue weighted by atomic mass is 9.81. The van der Waals surface area contributed by atoms with Gasteiger partial charge in [0.2, 0.25) is 17.7 Å². The summed E-state index contributed by atoms with van der Waals surface area (Å²) in [6.45, 7) is 2.10. The van der Waals surface area contributed by atoms with Gasteiger partial charge in [-0.2, -0.15) is 0 Å². The summed E-state index contributed by atoms with van der Waals surface area (Å²) in [5.41, 5.74) is 1.01. The first-order chi connectivity index (χ1) is 12.0. The van der Waals surface area contributed by atoms with E-state index in [1.165, 1.54) is 4.90 Å². The predicted octanol–water partition coefficient (Wildman–Crippen LogP) is 3.19. The van der Waals surface area contributed by atoms with Crippen LogP contribution >= 0.6 is 15.9 Å². The molecule has 1 aliphatic carbocycles. The van der Waals surface area contributed by atoms with Gasteiger partial charge in [0.25, 0.3) is 0 Å². The molecule has 2 fully saturated rings. The molecule has 1 aliphatic heterocycles. The Morgan fingerprint density at radius 2 is 1.72 bits per heavy atom. The molecule has 1 heterocycles. The molecule has 0 bridgehead atoms. The van der Waals surface area contributed by atoms with Crippen LogP contribution in [0.15, 0.2) is 28.7 Å². The van der Waals surface area contributed by atoms with Crippen molar-refractivity contribution in [2.24, 2.45) is 11.8 Å². The third-order valence-corrected chi connectivity index (χ3v) is 5.77. The van der Waals surface area contributed by atoms with Gasteiger partial charge in [0.05, 0.1) is 17.9 Å². The van der Waals surface area contributed by atoms with Crippen molar-refractivity contribution in [1.29, 1.82) is 0 Å². The number of rotatable bonds is 5. The lowest BCUT2D eigenvalue weighted by Gasteiger charge is -2.19. The average molecular weight is 407 g/mol. The van der Waals surface area contributed by atoms with E-state index in [4.69, 9.17) is 0 Å². The van der Waals surface area contributed by atoms with E-state index in [2.05, 4.69) is 21.2 Å². The minimum atomic E-state index is -0.147. The summed E-state index contributed by atoms with van der Waals surface area (Å²) < 4.78 is 0.988. The molecule has 25 heavy (non-hydrogen) atoms. The number of nitrogens with one attached hydrogen (secondary N) is 1. The molecule has 0 radical (unpaired) electrons. The fourth-order valence-corrected chi connectivity index (χ4v) is 4.08. The molecule has 2 aliphatic rings. The van der Waals surface area contributed by atoms with Crippen LogP contribution in [-0.2, 0) is 14.4 Å². The first-order valence-corrected chi connectivity index (χ1v) is 9.66. The fraction of sp³-hybridized carbons (Fsp3) is 0.526. The summed E-state index contributed by atoms with van der Waals surface area (Å²) in [6, 6.07) is 7.65. The van der Waals surface area contributed by atoms with Gasteiger partial charge in [-0.1, -0.05) is 40.9 Å². The smallest absolute Gasteiger partial charge is 0.233 e. The molecule has 3 amide bonds. The monoisotopic (exact) mass is 406 g/mol. The number of benzene rings is 1. The molecular formula is C19H23BrN2O3. The number of hydrogen-bond donors (Lipinski definition) is 1. The van der Waals surface area contributed by atoms with E-state index in [9.17, 15) is 14.4 Å². The lowest BCUT2D eigenvalue weighted by molar-refractivity contribution is -0.140. The third kappa shape index (κ3) is 3.94. The van der Waals surface area contributed by atoms with Crippen molar-refractivity contribution in [2.75, 3.05) is 6.54 Å². The normalized spacial score (nSPS) is 24.2. The summed E-state index contributed by atoms with van der Waals surface area (Å²) >= 11 is 3.39. The number of halogens is 1. The summed E-state index contributed by atoms with van der Waals surface area (Å²) in [7, 11) is 0. The average Bonchev–Trinajstić information content (AvgIpc) is 2.85. The van der Waals surface area contributed by atoms with Gasteiger partial charge in [0.15, 0.2) is 0 Å². The highest BCUT2D eigenvalue weighted by Gasteiger charge is 2.47. The lowest BCUT2D eigenvalue weighted by Crippen LogP contribution is -2.36. The minimum Gasteiger partial charge on any atom is -0.350 e. The Bertz CT molecular complexity index is 650. The van der Waals surface area contributed by atoms with Crippen LogP contribution in [0, 0.1) is 11.8 Å². The second kappa shape index (κ2) is 7.68. The number of hydrogen-bond acceptors (Lipinski definition) is 3. The molecule has 1 saturated heterocycles. The molecule has 1 aromatic carbocycles. The second-order valence-electron chi connectivity index (χ2n) is 6.92. The van der Waals surface area contributed by atoms with Crippen molar-refractivity contribution in [2.45, 2.75) is 45.1 Å². The second-order valence-corrected chi connectivity index (χ2v) is 7.83. The van der Waals surface area contributed by atoms with E-state index in [0.29, 0.717) is 0 Å². The van der Waals surface area contributed by atoms with Gasteiger partial charge in [-0.25, -0.2) is 0 Å². The first kappa shape index (κ1) is 18.1. The van der Waals surface area contributed by atoms with E-state index in [1.807, 2.05) is 31.2 Å². The molecule has 0 unspecified atom stereocenters. The molecule has 6 heteroatoms. The van der Waals surface area contributed by atoms with E-state index in [-0.39, 0.29) is 48.6 Å². The number of nitrogens with zero attached hydrogens (tertiary/aromatic N) is 1. The number of imide groups is 1. The summed E-state index contributed by atoms with van der Waals surface area (Å²) in [5.74, 6) is -0.602. The standard InChI is InChI=1S/C19H23BrN2O3/c1-12(13-6-8-14(20)9-7-13)21-17(23)10-11-22-18(24)15-4-2-3-5-16(15)19(22)25/h6-9,12,15-16H,2-5,10-11H2,1H3,(H,21,23)/t12-,15-,16-/m0/s1. The number of likely N-dealkylation sites (tertiary alicyclic amines) is 1. The van der Waals surface area contributed by atoms with Gasteiger partial charge < -0.3 is 5.32 Å². The highest BCUT2D eigenvalue weighted by molar-refractivity contribution is 9.10. The van der Waals surface area contributed by atoms with Gasteiger partial charge in [-0.15, -0.1) is 0 Å². The highest BCUT2D eigenvalue weighted by atomic mass is 79.9. The molecule has 1 N–H and O–H groups in total. The Hall–Kier alpha value is -1.69. The summed E-state index contributed by atoms with van der Waals surface area (Å²) in [4.78, 5) is 38.3. The zero-order valence-electron chi connectivity index (χ0n) is 14.3. The topological polar surface area (TPSA) is 66.5 Å². The number of amides is 3. The van der Waals surface area contributed by atoms with E-state index >= 15 is 0 Å². The maximum atomic E-state index is 12.4. The number of carbonyl (C=O) groups excluding carboxylic acids is 3. The number of fused-ring (bicyclic) bond motifs is 1. The Balaban J connectivity index is 1.52. The van der Waals surface area contributed by atoms with Gasteiger partial charge in [0, 0.05) is 17.4 Å². The highest BCUT2D eigenvalue weighted by Crippen LogP contribution is 2.37. The molecule has 1 aromatic rings. The fourth-order valence-electron chi connectivity index (χ4n) is 3.81. The van der Waals surface area contributed by atoms with Crippen LogP contribution in [0.4, 0.5) is 0 Å². The molecule has 134 valence electrons. The zero-order valence-corrected chi connectivity index (χ0v) is 15.9. The van der Waals surface area contributed by atoms with Crippen LogP contribution in [0.3, 0.4) is 0 Å². The Kier molecular flexibility index (Phi) is 5.57. The largest absolute Gasteiger partial charge is 0.350 e. The molecule has 5 nitrogen and oxygen atoms in total. The minimum absolute atomic E-state index is 0.0801. The van der Waals surface area contributed by atoms with Gasteiger partial charge in [-0.3, -0.25) is 19.3 Å². The van der Waals surface area contributed by atoms with E-state index in [1.54, 1.807) is 0 Å². The third-order valence-electron chi connectivity index (χ3n) is 5.24. The maximum Gasteiger partial charge on any atom is 0.233 e.